The van der Waals surface area contributed by atoms with Gasteiger partial charge in [0.1, 0.15) is 0 Å². The largest absolute Gasteiger partial charge is 0.325 e. The number of aliphatic imine (C=N–C) groups is 1. The first-order chi connectivity index (χ1) is 10.5. The molecule has 0 amide bonds. The second-order valence-corrected chi connectivity index (χ2v) is 5.22. The summed E-state index contributed by atoms with van der Waals surface area (Å²) in [6.45, 7) is 9.74. The number of rotatable bonds is 4. The fraction of sp³-hybridized carbons (Fsp3) is 0.235. The maximum absolute atomic E-state index is 11.8. The Balaban J connectivity index is 2.61. The first-order valence-electron chi connectivity index (χ1n) is 7.02. The Kier molecular flexibility index (Phi) is 4.68. The summed E-state index contributed by atoms with van der Waals surface area (Å²) in [6.07, 6.45) is 2.05. The van der Waals surface area contributed by atoms with Crippen molar-refractivity contribution in [3.05, 3.63) is 57.2 Å². The van der Waals surface area contributed by atoms with Gasteiger partial charge in [-0.05, 0) is 56.3 Å². The Hall–Kier alpha value is -2.53. The molecule has 3 N–H and O–H groups in total. The van der Waals surface area contributed by atoms with Gasteiger partial charge in [-0.2, -0.15) is 5.10 Å². The highest BCUT2D eigenvalue weighted by atomic mass is 16.1. The zero-order valence-corrected chi connectivity index (χ0v) is 13.1. The van der Waals surface area contributed by atoms with E-state index < -0.39 is 0 Å². The van der Waals surface area contributed by atoms with Crippen LogP contribution in [0.25, 0.3) is 16.3 Å². The Morgan fingerprint density at radius 2 is 2.09 bits per heavy atom. The van der Waals surface area contributed by atoms with Crippen molar-refractivity contribution in [2.45, 2.75) is 27.3 Å². The van der Waals surface area contributed by atoms with Crippen LogP contribution < -0.4 is 11.3 Å². The van der Waals surface area contributed by atoms with Crippen molar-refractivity contribution in [1.82, 2.24) is 10.2 Å². The van der Waals surface area contributed by atoms with E-state index in [9.17, 15) is 4.79 Å². The number of hydrogen-bond donors (Lipinski definition) is 2. The summed E-state index contributed by atoms with van der Waals surface area (Å²) in [6, 6.07) is 5.68. The molecule has 1 aromatic carbocycles. The normalized spacial score (nSPS) is 13.2. The molecular formula is C17H20N4O. The molecule has 0 fully saturated rings. The molecule has 0 atom stereocenters. The third kappa shape index (κ3) is 3.04. The predicted octanol–water partition coefficient (Wildman–Crippen LogP) is 2.78. The fourth-order valence-electron chi connectivity index (χ4n) is 2.26. The fourth-order valence-corrected chi connectivity index (χ4v) is 2.26. The lowest BCUT2D eigenvalue weighted by molar-refractivity contribution is 0.900. The van der Waals surface area contributed by atoms with Gasteiger partial charge in [0.05, 0.1) is 11.1 Å². The first kappa shape index (κ1) is 15.9. The molecule has 22 heavy (non-hydrogen) atoms. The number of hydrogen-bond acceptors (Lipinski definition) is 4. The lowest BCUT2D eigenvalue weighted by Crippen LogP contribution is -2.13. The summed E-state index contributed by atoms with van der Waals surface area (Å²) in [7, 11) is 0. The minimum absolute atomic E-state index is 0.205. The second kappa shape index (κ2) is 6.49. The number of nitrogens with zero attached hydrogens (tertiary/aromatic N) is 2. The number of fused-ring (bicyclic) bond motifs is 1. The van der Waals surface area contributed by atoms with Gasteiger partial charge in [-0.15, -0.1) is 0 Å². The maximum Gasteiger partial charge on any atom is 0.272 e. The van der Waals surface area contributed by atoms with Crippen molar-refractivity contribution in [1.29, 1.82) is 0 Å². The molecule has 0 saturated heterocycles. The van der Waals surface area contributed by atoms with Gasteiger partial charge < -0.3 is 5.73 Å². The van der Waals surface area contributed by atoms with Crippen LogP contribution in [-0.4, -0.2) is 16.9 Å². The van der Waals surface area contributed by atoms with Crippen molar-refractivity contribution < 1.29 is 0 Å². The number of nitrogens with one attached hydrogen (secondary N) is 1. The average molecular weight is 296 g/mol. The smallest absolute Gasteiger partial charge is 0.272 e. The number of nitrogens with two attached hydrogens (primary N) is 1. The Morgan fingerprint density at radius 3 is 2.73 bits per heavy atom. The zero-order chi connectivity index (χ0) is 16.3. The van der Waals surface area contributed by atoms with E-state index in [0.717, 1.165) is 27.8 Å². The Morgan fingerprint density at radius 1 is 1.36 bits per heavy atom. The summed E-state index contributed by atoms with van der Waals surface area (Å²) in [4.78, 5) is 15.8. The lowest BCUT2D eigenvalue weighted by atomic mass is 10.0. The van der Waals surface area contributed by atoms with Gasteiger partial charge in [0, 0.05) is 17.6 Å². The van der Waals surface area contributed by atoms with Crippen molar-refractivity contribution in [3.63, 3.8) is 0 Å². The van der Waals surface area contributed by atoms with Gasteiger partial charge in [-0.3, -0.25) is 9.79 Å². The molecule has 0 bridgehead atoms. The molecule has 0 aliphatic heterocycles. The third-order valence-electron chi connectivity index (χ3n) is 3.76. The van der Waals surface area contributed by atoms with Crippen LogP contribution in [0.15, 0.2) is 45.3 Å². The summed E-state index contributed by atoms with van der Waals surface area (Å²) in [5.41, 5.74) is 10.2. The molecular weight excluding hydrogens is 276 g/mol. The Labute approximate surface area is 129 Å². The minimum Gasteiger partial charge on any atom is -0.325 e. The van der Waals surface area contributed by atoms with E-state index in [1.54, 1.807) is 6.07 Å². The van der Waals surface area contributed by atoms with Gasteiger partial charge in [-0.25, -0.2) is 5.10 Å². The number of H-pyrrole nitrogens is 1. The monoisotopic (exact) mass is 296 g/mol. The highest BCUT2D eigenvalue weighted by Crippen LogP contribution is 2.22. The summed E-state index contributed by atoms with van der Waals surface area (Å²) in [5, 5.41) is 7.87. The number of aromatic nitrogens is 2. The molecule has 5 nitrogen and oxygen atoms in total. The van der Waals surface area contributed by atoms with Crippen LogP contribution in [0, 0.1) is 0 Å². The van der Waals surface area contributed by atoms with Crippen LogP contribution >= 0.6 is 0 Å². The van der Waals surface area contributed by atoms with E-state index in [1.165, 1.54) is 0 Å². The lowest BCUT2D eigenvalue weighted by Gasteiger charge is -2.07. The molecule has 0 saturated carbocycles. The van der Waals surface area contributed by atoms with Gasteiger partial charge >= 0.3 is 0 Å². The van der Waals surface area contributed by atoms with Crippen LogP contribution in [0.1, 0.15) is 32.0 Å². The van der Waals surface area contributed by atoms with Gasteiger partial charge in [0.2, 0.25) is 0 Å². The molecule has 0 radical (unpaired) electrons. The van der Waals surface area contributed by atoms with E-state index in [-0.39, 0.29) is 12.1 Å². The standard InChI is InChI=1S/C17H20N4O/c1-10(12(3)19-4)7-11(2)13-5-6-14-15(8-13)16(9-18)20-21-17(14)22/h5-8H,4,9,18H2,1-3H3,(H,21,22)/b11-7+,12-10-. The van der Waals surface area contributed by atoms with Crippen LogP contribution in [0.4, 0.5) is 0 Å². The van der Waals surface area contributed by atoms with Crippen molar-refractivity contribution in [2.75, 3.05) is 0 Å². The van der Waals surface area contributed by atoms with Gasteiger partial charge in [0.25, 0.3) is 5.56 Å². The first-order valence-corrected chi connectivity index (χ1v) is 7.02. The molecule has 2 rings (SSSR count). The van der Waals surface area contributed by atoms with E-state index in [2.05, 4.69) is 21.9 Å². The van der Waals surface area contributed by atoms with Crippen LogP contribution in [0.5, 0.6) is 0 Å². The van der Waals surface area contributed by atoms with Crippen molar-refractivity contribution >= 4 is 23.1 Å². The topological polar surface area (TPSA) is 84.1 Å². The summed E-state index contributed by atoms with van der Waals surface area (Å²) >= 11 is 0. The summed E-state index contributed by atoms with van der Waals surface area (Å²) in [5.74, 6) is 0. The molecule has 1 aromatic heterocycles. The molecule has 1 heterocycles. The van der Waals surface area contributed by atoms with E-state index in [4.69, 9.17) is 5.73 Å². The molecule has 0 aliphatic rings. The maximum atomic E-state index is 11.8. The summed E-state index contributed by atoms with van der Waals surface area (Å²) < 4.78 is 0. The SMILES string of the molecule is C=N/C(C)=C(C)\C=C(/C)c1ccc2c(=O)[nH]nc(CN)c2c1. The average Bonchev–Trinajstić information content (AvgIpc) is 2.54. The van der Waals surface area contributed by atoms with E-state index in [1.807, 2.05) is 39.0 Å². The van der Waals surface area contributed by atoms with Crippen LogP contribution in [0.3, 0.4) is 0 Å². The quantitative estimate of drug-likeness (QED) is 0.672. The van der Waals surface area contributed by atoms with Gasteiger partial charge in [0.15, 0.2) is 0 Å². The van der Waals surface area contributed by atoms with Crippen molar-refractivity contribution in [3.8, 4) is 0 Å². The number of aromatic amines is 1. The van der Waals surface area contributed by atoms with E-state index >= 15 is 0 Å². The number of allylic oxidation sites excluding steroid dienone is 4. The molecule has 0 aliphatic carbocycles. The predicted molar refractivity (Wildman–Crippen MR) is 91.8 cm³/mol. The highest BCUT2D eigenvalue weighted by molar-refractivity contribution is 5.87. The zero-order valence-electron chi connectivity index (χ0n) is 13.1. The number of benzene rings is 1. The van der Waals surface area contributed by atoms with Crippen molar-refractivity contribution in [2.24, 2.45) is 10.7 Å². The van der Waals surface area contributed by atoms with Gasteiger partial charge in [-0.1, -0.05) is 12.1 Å². The molecule has 0 unspecified atom stereocenters. The van der Waals surface area contributed by atoms with Crippen LogP contribution in [0.2, 0.25) is 0 Å². The molecule has 5 heteroatoms. The Bertz CT molecular complexity index is 843. The molecule has 114 valence electrons. The van der Waals surface area contributed by atoms with Crippen LogP contribution in [-0.2, 0) is 6.54 Å². The molecule has 0 spiro atoms. The molecule has 2 aromatic rings. The van der Waals surface area contributed by atoms with E-state index in [0.29, 0.717) is 11.1 Å². The highest BCUT2D eigenvalue weighted by Gasteiger charge is 2.07. The minimum atomic E-state index is -0.205. The third-order valence-corrected chi connectivity index (χ3v) is 3.76. The second-order valence-electron chi connectivity index (χ2n) is 5.22.